The molecule has 3 atom stereocenters. The van der Waals surface area contributed by atoms with E-state index in [2.05, 4.69) is 62.5 Å². The fraction of sp³-hybridized carbons (Fsp3) is 0.605. The Morgan fingerprint density at radius 3 is 1.73 bits per heavy atom. The van der Waals surface area contributed by atoms with Crippen LogP contribution in [0.15, 0.2) is 58.6 Å². The fourth-order valence-corrected chi connectivity index (χ4v) is 6.07. The van der Waals surface area contributed by atoms with Crippen LogP contribution in [0.2, 0.25) is 0 Å². The Morgan fingerprint density at radius 2 is 1.20 bits per heavy atom. The highest BCUT2D eigenvalue weighted by molar-refractivity contribution is 5.95. The first-order valence-corrected chi connectivity index (χ1v) is 21.3. The summed E-state index contributed by atoms with van der Waals surface area (Å²) in [6, 6.07) is 3.93. The second kappa shape index (κ2) is 31.6. The van der Waals surface area contributed by atoms with Crippen molar-refractivity contribution in [2.24, 2.45) is 44.6 Å². The number of rotatable bonds is 32. The van der Waals surface area contributed by atoms with Crippen LogP contribution < -0.4 is 49.9 Å². The molecule has 1 aromatic rings. The highest BCUT2D eigenvalue weighted by Gasteiger charge is 2.31. The number of unbranched alkanes of at least 4 members (excludes halogenated alkanes) is 8. The van der Waals surface area contributed by atoms with Gasteiger partial charge in [0.05, 0.1) is 0 Å². The van der Waals surface area contributed by atoms with E-state index in [1.807, 2.05) is 0 Å². The number of carbonyl (C=O) groups excluding carboxylic acids is 4. The minimum absolute atomic E-state index is 0.0669. The number of nitrogen functional groups attached to an aromatic ring is 1. The van der Waals surface area contributed by atoms with Crippen LogP contribution in [-0.2, 0) is 25.7 Å². The molecule has 15 N–H and O–H groups in total. The first-order chi connectivity index (χ1) is 28.2. The summed E-state index contributed by atoms with van der Waals surface area (Å²) in [4.78, 5) is 61.9. The first kappa shape index (κ1) is 51.6. The zero-order valence-corrected chi connectivity index (χ0v) is 35.8. The summed E-state index contributed by atoms with van der Waals surface area (Å²) in [7, 11) is 0. The molecule has 0 aromatic heterocycles. The maximum absolute atomic E-state index is 13.8. The topological polar surface area (TPSA) is 295 Å². The summed E-state index contributed by atoms with van der Waals surface area (Å²) in [6.45, 7) is 6.45. The van der Waals surface area contributed by atoms with Crippen LogP contribution in [0.3, 0.4) is 0 Å². The van der Waals surface area contributed by atoms with E-state index in [1.54, 1.807) is 38.1 Å². The molecule has 0 saturated heterocycles. The summed E-state index contributed by atoms with van der Waals surface area (Å²) in [5.41, 5.74) is 28.7. The van der Waals surface area contributed by atoms with Gasteiger partial charge in [0.15, 0.2) is 11.9 Å². The van der Waals surface area contributed by atoms with E-state index in [0.29, 0.717) is 24.8 Å². The summed E-state index contributed by atoms with van der Waals surface area (Å²) in [5.74, 6) is -2.38. The Morgan fingerprint density at radius 1 is 0.661 bits per heavy atom. The predicted molar refractivity (Wildman–Crippen MR) is 239 cm³/mol. The number of guanidine groups is 2. The second-order valence-electron chi connectivity index (χ2n) is 15.1. The molecule has 0 unspecified atom stereocenters. The number of amidine groups is 1. The molecule has 0 heterocycles. The van der Waals surface area contributed by atoms with Crippen molar-refractivity contribution in [3.05, 3.63) is 59.7 Å². The van der Waals surface area contributed by atoms with Crippen LogP contribution in [0.25, 0.3) is 0 Å². The summed E-state index contributed by atoms with van der Waals surface area (Å²) in [5, 5.41) is 18.9. The number of carbonyl (C=O) groups is 4. The third kappa shape index (κ3) is 25.5. The van der Waals surface area contributed by atoms with Crippen molar-refractivity contribution in [1.82, 2.24) is 21.3 Å². The average Bonchev–Trinajstić information content (AvgIpc) is 3.19. The number of benzene rings is 1. The van der Waals surface area contributed by atoms with Gasteiger partial charge in [-0.05, 0) is 75.7 Å². The van der Waals surface area contributed by atoms with Gasteiger partial charge in [0.2, 0.25) is 23.6 Å². The number of nitrogens with zero attached hydrogens (tertiary/aromatic N) is 2. The number of amides is 4. The molecular formula is C43H74N12O4. The van der Waals surface area contributed by atoms with E-state index in [4.69, 9.17) is 34.1 Å². The number of nitrogens with two attached hydrogens (primary N) is 5. The van der Waals surface area contributed by atoms with Crippen molar-refractivity contribution < 1.29 is 19.2 Å². The number of allylic oxidation sites excluding steroid dienone is 4. The van der Waals surface area contributed by atoms with Crippen LogP contribution in [0.4, 0.5) is 0 Å². The van der Waals surface area contributed by atoms with Gasteiger partial charge < -0.3 is 49.9 Å². The van der Waals surface area contributed by atoms with Crippen LogP contribution in [0.1, 0.15) is 135 Å². The van der Waals surface area contributed by atoms with Crippen LogP contribution in [-0.4, -0.2) is 72.6 Å². The van der Waals surface area contributed by atoms with Crippen molar-refractivity contribution in [3.63, 3.8) is 0 Å². The highest BCUT2D eigenvalue weighted by atomic mass is 16.2. The molecule has 0 aliphatic heterocycles. The van der Waals surface area contributed by atoms with Crippen molar-refractivity contribution >= 4 is 41.4 Å². The fourth-order valence-electron chi connectivity index (χ4n) is 6.07. The second-order valence-corrected chi connectivity index (χ2v) is 15.1. The van der Waals surface area contributed by atoms with Crippen molar-refractivity contribution in [3.8, 4) is 0 Å². The Kier molecular flexibility index (Phi) is 27.6. The minimum Gasteiger partial charge on any atom is -0.384 e. The Labute approximate surface area is 352 Å². The third-order valence-corrected chi connectivity index (χ3v) is 9.51. The number of aliphatic imine (C=N–C) groups is 2. The smallest absolute Gasteiger partial charge is 0.243 e. The van der Waals surface area contributed by atoms with Gasteiger partial charge in [-0.2, -0.15) is 0 Å². The normalized spacial score (nSPS) is 12.7. The van der Waals surface area contributed by atoms with Crippen molar-refractivity contribution in [1.29, 1.82) is 5.41 Å². The van der Waals surface area contributed by atoms with E-state index >= 15 is 0 Å². The van der Waals surface area contributed by atoms with Gasteiger partial charge in [0.1, 0.15) is 24.0 Å². The number of hydrogen-bond donors (Lipinski definition) is 10. The van der Waals surface area contributed by atoms with E-state index in [-0.39, 0.29) is 68.5 Å². The molecular weight excluding hydrogens is 749 g/mol. The molecule has 0 fully saturated rings. The minimum atomic E-state index is -1.02. The monoisotopic (exact) mass is 823 g/mol. The van der Waals surface area contributed by atoms with E-state index in [9.17, 15) is 19.2 Å². The Hall–Kier alpha value is -5.41. The lowest BCUT2D eigenvalue weighted by molar-refractivity contribution is -0.134. The molecule has 330 valence electrons. The summed E-state index contributed by atoms with van der Waals surface area (Å²) in [6.07, 6.45) is 22.3. The van der Waals surface area contributed by atoms with Gasteiger partial charge >= 0.3 is 0 Å². The van der Waals surface area contributed by atoms with Crippen molar-refractivity contribution in [2.75, 3.05) is 13.1 Å². The van der Waals surface area contributed by atoms with Crippen LogP contribution in [0.5, 0.6) is 0 Å². The molecule has 16 nitrogen and oxygen atoms in total. The summed E-state index contributed by atoms with van der Waals surface area (Å²) < 4.78 is 0. The molecule has 0 radical (unpaired) electrons. The zero-order chi connectivity index (χ0) is 43.8. The maximum Gasteiger partial charge on any atom is 0.243 e. The van der Waals surface area contributed by atoms with Gasteiger partial charge in [0, 0.05) is 31.6 Å². The first-order valence-electron chi connectivity index (χ1n) is 21.3. The molecule has 0 aliphatic rings. The molecule has 0 spiro atoms. The van der Waals surface area contributed by atoms with Gasteiger partial charge in [-0.25, -0.2) is 0 Å². The zero-order valence-electron chi connectivity index (χ0n) is 35.8. The predicted octanol–water partition coefficient (Wildman–Crippen LogP) is 3.62. The molecule has 16 heteroatoms. The molecule has 0 aliphatic carbocycles. The largest absolute Gasteiger partial charge is 0.384 e. The lowest BCUT2D eigenvalue weighted by Gasteiger charge is -2.27. The molecule has 0 saturated carbocycles. The SMILES string of the molecule is CCCCCC/C=C\C/C=C\CCCCCCC(=O)N[C@@H](CCCN=C(N)N)C(=O)N[C@H](C(=O)N[C@@H](CCCN=C(N)N)C(=O)NCc1ccc(C(=N)N)cc1)C(C)C. The Balaban J connectivity index is 2.83. The molecule has 0 bridgehead atoms. The van der Waals surface area contributed by atoms with Crippen molar-refractivity contribution in [2.45, 2.75) is 148 Å². The number of hydrogen-bond acceptors (Lipinski definition) is 7. The molecule has 59 heavy (non-hydrogen) atoms. The van der Waals surface area contributed by atoms with Gasteiger partial charge in [-0.1, -0.05) is 101 Å². The van der Waals surface area contributed by atoms with E-state index in [1.165, 1.54) is 25.7 Å². The van der Waals surface area contributed by atoms with Crippen LogP contribution in [0, 0.1) is 11.3 Å². The molecule has 1 aromatic carbocycles. The summed E-state index contributed by atoms with van der Waals surface area (Å²) >= 11 is 0. The quantitative estimate of drug-likeness (QED) is 0.0219. The van der Waals surface area contributed by atoms with E-state index < -0.39 is 35.8 Å². The average molecular weight is 823 g/mol. The molecule has 4 amide bonds. The number of nitrogens with one attached hydrogen (secondary N) is 5. The third-order valence-electron chi connectivity index (χ3n) is 9.51. The van der Waals surface area contributed by atoms with Gasteiger partial charge in [0.25, 0.3) is 0 Å². The standard InChI is InChI=1S/C43H74N12O4/c1-4-5-6-7-8-9-10-11-12-13-14-15-16-17-18-23-36(56)53-35(22-20-29-51-43(48)49)40(58)55-37(31(2)3)41(59)54-34(21-19-28-50-42(46)47)39(57)52-30-32-24-26-33(27-25-32)38(44)45/h9-10,12-13,24-27,31,34-35,37H,4-8,11,14-23,28-30H2,1-3H3,(H3,44,45)(H,52,57)(H,53,56)(H,54,59)(H,55,58)(H4,46,47,50)(H4,48,49,51)/b10-9-,13-12-/t34-,35-,37-/m0/s1. The molecule has 1 rings (SSSR count). The maximum atomic E-state index is 13.8. The van der Waals surface area contributed by atoms with Gasteiger partial charge in [-0.3, -0.25) is 34.6 Å². The van der Waals surface area contributed by atoms with E-state index in [0.717, 1.165) is 44.1 Å². The Bertz CT molecular complexity index is 1520. The lowest BCUT2D eigenvalue weighted by Crippen LogP contribution is -2.58. The highest BCUT2D eigenvalue weighted by Crippen LogP contribution is 2.11. The van der Waals surface area contributed by atoms with Crippen LogP contribution >= 0.6 is 0 Å². The van der Waals surface area contributed by atoms with Gasteiger partial charge in [-0.15, -0.1) is 0 Å². The lowest BCUT2D eigenvalue weighted by atomic mass is 10.0.